The van der Waals surface area contributed by atoms with Crippen molar-refractivity contribution in [3.8, 4) is 0 Å². The van der Waals surface area contributed by atoms with E-state index in [9.17, 15) is 9.90 Å². The normalized spacial score (nSPS) is 20.1. The van der Waals surface area contributed by atoms with Crippen molar-refractivity contribution in [3.63, 3.8) is 0 Å². The molecule has 0 spiro atoms. The van der Waals surface area contributed by atoms with Gasteiger partial charge in [0.1, 0.15) is 11.6 Å². The van der Waals surface area contributed by atoms with Crippen molar-refractivity contribution in [2.45, 2.75) is 103 Å². The summed E-state index contributed by atoms with van der Waals surface area (Å²) in [5.74, 6) is 1.31. The van der Waals surface area contributed by atoms with Crippen LogP contribution in [-0.4, -0.2) is 37.3 Å². The van der Waals surface area contributed by atoms with E-state index < -0.39 is 6.10 Å². The lowest BCUT2D eigenvalue weighted by Crippen LogP contribution is -2.13. The van der Waals surface area contributed by atoms with Crippen molar-refractivity contribution < 1.29 is 14.9 Å². The van der Waals surface area contributed by atoms with E-state index in [4.69, 9.17) is 9.78 Å². The number of H-pyrrole nitrogens is 1. The molecule has 194 valence electrons. The van der Waals surface area contributed by atoms with Crippen molar-refractivity contribution in [2.75, 3.05) is 6.61 Å². The van der Waals surface area contributed by atoms with Gasteiger partial charge in [-0.25, -0.2) is 9.97 Å². The zero-order valence-electron chi connectivity index (χ0n) is 21.4. The lowest BCUT2D eigenvalue weighted by atomic mass is 9.94. The van der Waals surface area contributed by atoms with Crippen LogP contribution in [0.25, 0.3) is 11.2 Å². The molecule has 8 nitrogen and oxygen atoms in total. The van der Waals surface area contributed by atoms with Crippen LogP contribution in [0.2, 0.25) is 0 Å². The minimum Gasteiger partial charge on any atom is -0.392 e. The van der Waals surface area contributed by atoms with Gasteiger partial charge in [0.25, 0.3) is 5.56 Å². The highest BCUT2D eigenvalue weighted by Gasteiger charge is 2.37. The minimum absolute atomic E-state index is 0.0585. The van der Waals surface area contributed by atoms with Crippen LogP contribution in [-0.2, 0) is 9.78 Å². The second kappa shape index (κ2) is 13.6. The SMILES string of the molecule is C=C(CCCCCCC[C@H]1C(=C)[C@@H](n2cnc3c(=O)[nH]c(C)nc32)C[C@@H]1O)OOCCCCCC. The summed E-state index contributed by atoms with van der Waals surface area (Å²) in [5, 5.41) is 10.7. The highest BCUT2D eigenvalue weighted by Crippen LogP contribution is 2.42. The number of nitrogens with one attached hydrogen (secondary N) is 1. The van der Waals surface area contributed by atoms with E-state index in [0.717, 1.165) is 56.9 Å². The Morgan fingerprint density at radius 1 is 1.20 bits per heavy atom. The summed E-state index contributed by atoms with van der Waals surface area (Å²) < 4.78 is 1.90. The first-order valence-electron chi connectivity index (χ1n) is 13.2. The number of imidazole rings is 1. The van der Waals surface area contributed by atoms with Gasteiger partial charge in [-0.05, 0) is 38.2 Å². The Bertz CT molecular complexity index is 1030. The number of aryl methyl sites for hydroxylation is 1. The molecule has 2 aromatic rings. The largest absolute Gasteiger partial charge is 0.392 e. The van der Waals surface area contributed by atoms with Gasteiger partial charge in [-0.15, -0.1) is 0 Å². The van der Waals surface area contributed by atoms with Crippen LogP contribution in [0, 0.1) is 12.8 Å². The minimum atomic E-state index is -0.435. The molecule has 0 radical (unpaired) electrons. The van der Waals surface area contributed by atoms with Gasteiger partial charge < -0.3 is 19.5 Å². The van der Waals surface area contributed by atoms with Crippen molar-refractivity contribution in [3.05, 3.63) is 47.0 Å². The van der Waals surface area contributed by atoms with Gasteiger partial charge in [-0.1, -0.05) is 65.0 Å². The number of aromatic amines is 1. The van der Waals surface area contributed by atoms with Crippen molar-refractivity contribution >= 4 is 11.2 Å². The first-order chi connectivity index (χ1) is 16.9. The first-order valence-corrected chi connectivity index (χ1v) is 13.2. The third-order valence-electron chi connectivity index (χ3n) is 6.95. The fraction of sp³-hybridized carbons (Fsp3) is 0.667. The zero-order valence-corrected chi connectivity index (χ0v) is 21.4. The van der Waals surface area contributed by atoms with Gasteiger partial charge in [-0.3, -0.25) is 4.79 Å². The maximum atomic E-state index is 12.2. The summed E-state index contributed by atoms with van der Waals surface area (Å²) >= 11 is 0. The Balaban J connectivity index is 1.33. The Morgan fingerprint density at radius 3 is 2.74 bits per heavy atom. The average molecular weight is 487 g/mol. The lowest BCUT2D eigenvalue weighted by Gasteiger charge is -2.17. The molecular weight excluding hydrogens is 444 g/mol. The molecule has 1 fully saturated rings. The molecule has 0 bridgehead atoms. The molecule has 0 aliphatic heterocycles. The Morgan fingerprint density at radius 2 is 1.94 bits per heavy atom. The number of hydrogen-bond acceptors (Lipinski definition) is 6. The molecule has 2 aromatic heterocycles. The van der Waals surface area contributed by atoms with E-state index in [0.29, 0.717) is 35.8 Å². The van der Waals surface area contributed by atoms with E-state index in [1.54, 1.807) is 13.3 Å². The fourth-order valence-corrected chi connectivity index (χ4v) is 4.94. The van der Waals surface area contributed by atoms with Gasteiger partial charge in [0, 0.05) is 12.3 Å². The maximum Gasteiger partial charge on any atom is 0.279 e. The summed E-state index contributed by atoms with van der Waals surface area (Å²) in [6.45, 7) is 12.8. The summed E-state index contributed by atoms with van der Waals surface area (Å²) in [5.41, 5.74) is 1.64. The second-order valence-corrected chi connectivity index (χ2v) is 9.79. The van der Waals surface area contributed by atoms with Crippen LogP contribution in [0.3, 0.4) is 0 Å². The van der Waals surface area contributed by atoms with Crippen molar-refractivity contribution in [2.24, 2.45) is 5.92 Å². The predicted octanol–water partition coefficient (Wildman–Crippen LogP) is 5.68. The number of aromatic nitrogens is 4. The smallest absolute Gasteiger partial charge is 0.279 e. The molecule has 8 heteroatoms. The van der Waals surface area contributed by atoms with Crippen LogP contribution in [0.15, 0.2) is 35.6 Å². The third kappa shape index (κ3) is 7.51. The highest BCUT2D eigenvalue weighted by atomic mass is 17.2. The molecule has 0 aromatic carbocycles. The molecule has 2 heterocycles. The molecule has 35 heavy (non-hydrogen) atoms. The number of hydrogen-bond donors (Lipinski definition) is 2. The van der Waals surface area contributed by atoms with Gasteiger partial charge >= 0.3 is 0 Å². The Hall–Kier alpha value is -2.45. The maximum absolute atomic E-state index is 12.2. The van der Waals surface area contributed by atoms with E-state index in [1.165, 1.54) is 19.3 Å². The summed E-state index contributed by atoms with van der Waals surface area (Å²) in [7, 11) is 0. The number of rotatable bonds is 16. The number of nitrogens with zero attached hydrogens (tertiary/aromatic N) is 3. The van der Waals surface area contributed by atoms with Crippen LogP contribution in [0.1, 0.15) is 95.8 Å². The van der Waals surface area contributed by atoms with Crippen LogP contribution < -0.4 is 5.56 Å². The molecule has 3 rings (SSSR count). The van der Waals surface area contributed by atoms with E-state index in [1.807, 2.05) is 4.57 Å². The lowest BCUT2D eigenvalue weighted by molar-refractivity contribution is -0.264. The molecule has 0 unspecified atom stereocenters. The Kier molecular flexibility index (Phi) is 10.5. The standard InChI is InChI=1S/C27H42N4O4/c1-5-6-7-13-16-34-35-19(2)14-11-9-8-10-12-15-22-20(3)23(17-24(22)32)31-18-28-25-26(31)29-21(4)30-27(25)33/h18,22-24,32H,2-3,5-17H2,1,4H3,(H,29,30,33)/t22-,23-,24-/m0/s1. The monoisotopic (exact) mass is 486 g/mol. The number of fused-ring (bicyclic) bond motifs is 1. The first kappa shape index (κ1) is 27.1. The fourth-order valence-electron chi connectivity index (χ4n) is 4.94. The summed E-state index contributed by atoms with van der Waals surface area (Å²) in [6.07, 6.45) is 13.6. The van der Waals surface area contributed by atoms with Gasteiger partial charge in [0.05, 0.1) is 25.1 Å². The molecule has 0 amide bonds. The molecule has 2 N–H and O–H groups in total. The van der Waals surface area contributed by atoms with Crippen LogP contribution in [0.4, 0.5) is 0 Å². The van der Waals surface area contributed by atoms with E-state index in [-0.39, 0.29) is 17.5 Å². The molecule has 1 aliphatic rings. The average Bonchev–Trinajstić information content (AvgIpc) is 3.36. The second-order valence-electron chi connectivity index (χ2n) is 9.79. The number of aliphatic hydroxyl groups is 1. The van der Waals surface area contributed by atoms with Crippen LogP contribution >= 0.6 is 0 Å². The van der Waals surface area contributed by atoms with Gasteiger partial charge in [0.2, 0.25) is 0 Å². The van der Waals surface area contributed by atoms with E-state index >= 15 is 0 Å². The quantitative estimate of drug-likeness (QED) is 0.104. The van der Waals surface area contributed by atoms with Gasteiger partial charge in [0.15, 0.2) is 11.2 Å². The molecule has 1 aliphatic carbocycles. The zero-order chi connectivity index (χ0) is 25.2. The predicted molar refractivity (Wildman–Crippen MR) is 138 cm³/mol. The molecule has 3 atom stereocenters. The number of allylic oxidation sites excluding steroid dienone is 1. The number of unbranched alkanes of at least 4 members (excludes halogenated alkanes) is 7. The molecular formula is C27H42N4O4. The van der Waals surface area contributed by atoms with Gasteiger partial charge in [-0.2, -0.15) is 4.89 Å². The topological polar surface area (TPSA) is 102 Å². The van der Waals surface area contributed by atoms with Crippen LogP contribution in [0.5, 0.6) is 0 Å². The molecule has 1 saturated carbocycles. The Labute approximate surface area is 208 Å². The third-order valence-corrected chi connectivity index (χ3v) is 6.95. The number of aliphatic hydroxyl groups excluding tert-OH is 1. The van der Waals surface area contributed by atoms with Crippen molar-refractivity contribution in [1.82, 2.24) is 19.5 Å². The summed E-state index contributed by atoms with van der Waals surface area (Å²) in [6, 6.07) is -0.0893. The van der Waals surface area contributed by atoms with Crippen molar-refractivity contribution in [1.29, 1.82) is 0 Å². The van der Waals surface area contributed by atoms with E-state index in [2.05, 4.69) is 35.0 Å². The molecule has 0 saturated heterocycles. The highest BCUT2D eigenvalue weighted by molar-refractivity contribution is 5.69. The summed E-state index contributed by atoms with van der Waals surface area (Å²) in [4.78, 5) is 34.0.